The Hall–Kier alpha value is -4.00. The van der Waals surface area contributed by atoms with Crippen LogP contribution in [0.15, 0.2) is 72.8 Å². The first-order valence-electron chi connectivity index (χ1n) is 8.47. The molecule has 28 heavy (non-hydrogen) atoms. The van der Waals surface area contributed by atoms with Crippen molar-refractivity contribution in [3.05, 3.63) is 99.6 Å². The van der Waals surface area contributed by atoms with Crippen LogP contribution in [0, 0.1) is 17.0 Å². The Bertz CT molecular complexity index is 1030. The van der Waals surface area contributed by atoms with Crippen LogP contribution in [0.1, 0.15) is 26.3 Å². The fourth-order valence-corrected chi connectivity index (χ4v) is 2.62. The van der Waals surface area contributed by atoms with Crippen LogP contribution in [0.4, 0.5) is 17.1 Å². The quantitative estimate of drug-likeness (QED) is 0.509. The Labute approximate surface area is 161 Å². The number of anilines is 2. The molecule has 0 saturated heterocycles. The molecule has 7 heteroatoms. The zero-order valence-corrected chi connectivity index (χ0v) is 15.0. The number of nitrogens with zero attached hydrogens (tertiary/aromatic N) is 1. The predicted molar refractivity (Wildman–Crippen MR) is 107 cm³/mol. The number of nitrogens with one attached hydrogen (secondary N) is 2. The Balaban J connectivity index is 1.76. The molecular weight excluding hydrogens is 358 g/mol. The summed E-state index contributed by atoms with van der Waals surface area (Å²) in [7, 11) is 0. The molecule has 0 unspecified atom stereocenters. The van der Waals surface area contributed by atoms with Gasteiger partial charge in [0.25, 0.3) is 17.5 Å². The molecule has 3 rings (SSSR count). The number of non-ortho nitro benzene ring substituents is 1. The standard InChI is InChI=1S/C21H17N3O4/c1-14-18(22-20(25)15-6-3-2-4-7-15)8-5-9-19(14)23-21(26)16-10-12-17(13-11-16)24(27)28/h2-13H,1H3,(H,22,25)(H,23,26). The van der Waals surface area contributed by atoms with Crippen molar-refractivity contribution >= 4 is 28.9 Å². The highest BCUT2D eigenvalue weighted by atomic mass is 16.6. The number of hydrogen-bond acceptors (Lipinski definition) is 4. The summed E-state index contributed by atoms with van der Waals surface area (Å²) in [6, 6.07) is 19.3. The summed E-state index contributed by atoms with van der Waals surface area (Å²) < 4.78 is 0. The van der Waals surface area contributed by atoms with Crippen LogP contribution in [0.2, 0.25) is 0 Å². The highest BCUT2D eigenvalue weighted by molar-refractivity contribution is 6.07. The van der Waals surface area contributed by atoms with Crippen LogP contribution in [0.25, 0.3) is 0 Å². The van der Waals surface area contributed by atoms with Crippen LogP contribution in [0.5, 0.6) is 0 Å². The molecule has 0 saturated carbocycles. The maximum absolute atomic E-state index is 12.4. The molecule has 0 aliphatic heterocycles. The lowest BCUT2D eigenvalue weighted by Gasteiger charge is -2.13. The number of rotatable bonds is 5. The molecule has 140 valence electrons. The zero-order chi connectivity index (χ0) is 20.1. The molecule has 0 aromatic heterocycles. The summed E-state index contributed by atoms with van der Waals surface area (Å²) in [5.41, 5.74) is 2.55. The topological polar surface area (TPSA) is 101 Å². The normalized spacial score (nSPS) is 10.2. The van der Waals surface area contributed by atoms with Gasteiger partial charge in [0.1, 0.15) is 0 Å². The van der Waals surface area contributed by atoms with E-state index in [1.54, 1.807) is 49.4 Å². The highest BCUT2D eigenvalue weighted by Crippen LogP contribution is 2.24. The van der Waals surface area contributed by atoms with Gasteiger partial charge in [0.05, 0.1) is 4.92 Å². The van der Waals surface area contributed by atoms with Crippen molar-refractivity contribution in [3.8, 4) is 0 Å². The van der Waals surface area contributed by atoms with E-state index in [0.29, 0.717) is 28.1 Å². The Morgan fingerprint density at radius 3 is 1.75 bits per heavy atom. The molecule has 3 aromatic rings. The van der Waals surface area contributed by atoms with Crippen molar-refractivity contribution in [2.24, 2.45) is 0 Å². The van der Waals surface area contributed by atoms with E-state index in [-0.39, 0.29) is 11.6 Å². The number of carbonyl (C=O) groups is 2. The second kappa shape index (κ2) is 8.13. The molecule has 0 bridgehead atoms. The first kappa shape index (κ1) is 18.8. The molecular formula is C21H17N3O4. The van der Waals surface area contributed by atoms with Crippen molar-refractivity contribution in [2.45, 2.75) is 6.92 Å². The number of hydrogen-bond donors (Lipinski definition) is 2. The lowest BCUT2D eigenvalue weighted by Crippen LogP contribution is -2.15. The monoisotopic (exact) mass is 375 g/mol. The minimum Gasteiger partial charge on any atom is -0.322 e. The van der Waals surface area contributed by atoms with Gasteiger partial charge in [-0.3, -0.25) is 19.7 Å². The number of nitro benzene ring substituents is 1. The third-order valence-electron chi connectivity index (χ3n) is 4.21. The second-order valence-corrected chi connectivity index (χ2v) is 6.06. The molecule has 2 N–H and O–H groups in total. The van der Waals surface area contributed by atoms with Crippen molar-refractivity contribution < 1.29 is 14.5 Å². The first-order valence-corrected chi connectivity index (χ1v) is 8.47. The third kappa shape index (κ3) is 4.21. The molecule has 0 heterocycles. The summed E-state index contributed by atoms with van der Waals surface area (Å²) in [4.78, 5) is 35.0. The van der Waals surface area contributed by atoms with E-state index >= 15 is 0 Å². The molecule has 7 nitrogen and oxygen atoms in total. The van der Waals surface area contributed by atoms with Gasteiger partial charge in [-0.15, -0.1) is 0 Å². The van der Waals surface area contributed by atoms with Gasteiger partial charge in [0.15, 0.2) is 0 Å². The van der Waals surface area contributed by atoms with Crippen LogP contribution in [-0.2, 0) is 0 Å². The molecule has 0 radical (unpaired) electrons. The number of nitro groups is 1. The zero-order valence-electron chi connectivity index (χ0n) is 15.0. The molecule has 2 amide bonds. The lowest BCUT2D eigenvalue weighted by atomic mass is 10.1. The van der Waals surface area contributed by atoms with Gasteiger partial charge in [-0.25, -0.2) is 0 Å². The van der Waals surface area contributed by atoms with E-state index < -0.39 is 10.8 Å². The summed E-state index contributed by atoms with van der Waals surface area (Å²) in [5.74, 6) is -0.646. The average Bonchev–Trinajstić information content (AvgIpc) is 2.71. The van der Waals surface area contributed by atoms with Gasteiger partial charge in [-0.1, -0.05) is 24.3 Å². The number of benzene rings is 3. The SMILES string of the molecule is Cc1c(NC(=O)c2ccccc2)cccc1NC(=O)c1ccc([N+](=O)[O-])cc1. The van der Waals surface area contributed by atoms with Gasteiger partial charge in [-0.2, -0.15) is 0 Å². The third-order valence-corrected chi connectivity index (χ3v) is 4.21. The van der Waals surface area contributed by atoms with Crippen LogP contribution in [-0.4, -0.2) is 16.7 Å². The fourth-order valence-electron chi connectivity index (χ4n) is 2.62. The van der Waals surface area contributed by atoms with Crippen LogP contribution < -0.4 is 10.6 Å². The predicted octanol–water partition coefficient (Wildman–Crippen LogP) is 4.41. The Morgan fingerprint density at radius 2 is 1.25 bits per heavy atom. The van der Waals surface area contributed by atoms with Gasteiger partial charge < -0.3 is 10.6 Å². The maximum Gasteiger partial charge on any atom is 0.269 e. The van der Waals surface area contributed by atoms with Crippen molar-refractivity contribution in [1.29, 1.82) is 0 Å². The van der Waals surface area contributed by atoms with Gasteiger partial charge in [-0.05, 0) is 48.9 Å². The smallest absolute Gasteiger partial charge is 0.269 e. The maximum atomic E-state index is 12.4. The Kier molecular flexibility index (Phi) is 5.45. The molecule has 0 spiro atoms. The number of amides is 2. The second-order valence-electron chi connectivity index (χ2n) is 6.06. The summed E-state index contributed by atoms with van der Waals surface area (Å²) in [6.07, 6.45) is 0. The highest BCUT2D eigenvalue weighted by Gasteiger charge is 2.13. The van der Waals surface area contributed by atoms with Gasteiger partial charge >= 0.3 is 0 Å². The van der Waals surface area contributed by atoms with E-state index in [2.05, 4.69) is 10.6 Å². The van der Waals surface area contributed by atoms with Crippen LogP contribution in [0.3, 0.4) is 0 Å². The van der Waals surface area contributed by atoms with E-state index in [0.717, 1.165) is 0 Å². The average molecular weight is 375 g/mol. The molecule has 0 atom stereocenters. The van der Waals surface area contributed by atoms with Crippen molar-refractivity contribution in [3.63, 3.8) is 0 Å². The molecule has 0 fully saturated rings. The van der Waals surface area contributed by atoms with E-state index in [1.165, 1.54) is 24.3 Å². The Morgan fingerprint density at radius 1 is 0.750 bits per heavy atom. The van der Waals surface area contributed by atoms with E-state index in [4.69, 9.17) is 0 Å². The van der Waals surface area contributed by atoms with Crippen molar-refractivity contribution in [2.75, 3.05) is 10.6 Å². The largest absolute Gasteiger partial charge is 0.322 e. The van der Waals surface area contributed by atoms with Gasteiger partial charge in [0, 0.05) is 34.6 Å². The lowest BCUT2D eigenvalue weighted by molar-refractivity contribution is -0.384. The molecule has 3 aromatic carbocycles. The minimum atomic E-state index is -0.523. The molecule has 0 aliphatic rings. The van der Waals surface area contributed by atoms with Crippen molar-refractivity contribution in [1.82, 2.24) is 0 Å². The number of carbonyl (C=O) groups excluding carboxylic acids is 2. The molecule has 0 aliphatic carbocycles. The van der Waals surface area contributed by atoms with Gasteiger partial charge in [0.2, 0.25) is 0 Å². The first-order chi connectivity index (χ1) is 13.5. The summed E-state index contributed by atoms with van der Waals surface area (Å²) in [5, 5.41) is 16.3. The summed E-state index contributed by atoms with van der Waals surface area (Å²) in [6.45, 7) is 1.78. The fraction of sp³-hybridized carbons (Fsp3) is 0.0476. The summed E-state index contributed by atoms with van der Waals surface area (Å²) >= 11 is 0. The minimum absolute atomic E-state index is 0.0849. The van der Waals surface area contributed by atoms with Crippen LogP contribution >= 0.6 is 0 Å². The van der Waals surface area contributed by atoms with E-state index in [9.17, 15) is 19.7 Å². The van der Waals surface area contributed by atoms with E-state index in [1.807, 2.05) is 6.07 Å².